The Morgan fingerprint density at radius 3 is 3.06 bits per heavy atom. The number of benzene rings is 1. The van der Waals surface area contributed by atoms with Crippen molar-refractivity contribution in [2.75, 3.05) is 18.0 Å². The summed E-state index contributed by atoms with van der Waals surface area (Å²) < 4.78 is 0. The lowest BCUT2D eigenvalue weighted by Gasteiger charge is -2.29. The van der Waals surface area contributed by atoms with Gasteiger partial charge in [0.05, 0.1) is 0 Å². The van der Waals surface area contributed by atoms with Crippen LogP contribution in [0.1, 0.15) is 18.9 Å². The fraction of sp³-hybridized carbons (Fsp3) is 0.462. The topological polar surface area (TPSA) is 66.6 Å². The number of carbonyl (C=O) groups is 1. The summed E-state index contributed by atoms with van der Waals surface area (Å²) in [6, 6.07) is 5.94. The second kappa shape index (κ2) is 5.73. The van der Waals surface area contributed by atoms with Crippen LogP contribution in [-0.4, -0.2) is 29.5 Å². The Bertz CT molecular complexity index is 451. The van der Waals surface area contributed by atoms with Crippen LogP contribution in [0.25, 0.3) is 0 Å². The van der Waals surface area contributed by atoms with E-state index in [1.807, 2.05) is 23.1 Å². The van der Waals surface area contributed by atoms with E-state index in [4.69, 9.17) is 5.73 Å². The molecule has 1 aromatic rings. The number of nitrogens with two attached hydrogens (primary N) is 1. The van der Waals surface area contributed by atoms with Crippen LogP contribution < -0.4 is 10.6 Å². The first-order valence-electron chi connectivity index (χ1n) is 6.07. The minimum Gasteiger partial charge on any atom is -0.381 e. The van der Waals surface area contributed by atoms with Crippen molar-refractivity contribution in [3.63, 3.8) is 0 Å². The van der Waals surface area contributed by atoms with Gasteiger partial charge in [0.1, 0.15) is 5.44 Å². The summed E-state index contributed by atoms with van der Waals surface area (Å²) in [5.41, 5.74) is 6.99. The first-order valence-corrected chi connectivity index (χ1v) is 6.95. The SMILES string of the molecule is CC(=O)N1CCCc2cc(SC(O)CN)ccc21. The fourth-order valence-electron chi connectivity index (χ4n) is 2.18. The second-order valence-electron chi connectivity index (χ2n) is 4.37. The molecule has 0 bridgehead atoms. The summed E-state index contributed by atoms with van der Waals surface area (Å²) in [6.07, 6.45) is 1.96. The molecule has 0 aliphatic carbocycles. The predicted octanol–water partition coefficient (Wildman–Crippen LogP) is 1.35. The van der Waals surface area contributed by atoms with E-state index >= 15 is 0 Å². The van der Waals surface area contributed by atoms with E-state index in [0.717, 1.165) is 30.0 Å². The lowest BCUT2D eigenvalue weighted by molar-refractivity contribution is -0.116. The molecule has 98 valence electrons. The van der Waals surface area contributed by atoms with E-state index < -0.39 is 5.44 Å². The largest absolute Gasteiger partial charge is 0.381 e. The molecule has 0 spiro atoms. The van der Waals surface area contributed by atoms with Crippen LogP contribution in [0.5, 0.6) is 0 Å². The number of anilines is 1. The molecule has 0 fully saturated rings. The predicted molar refractivity (Wildman–Crippen MR) is 73.7 cm³/mol. The van der Waals surface area contributed by atoms with E-state index in [1.54, 1.807) is 6.92 Å². The van der Waals surface area contributed by atoms with E-state index in [2.05, 4.69) is 0 Å². The highest BCUT2D eigenvalue weighted by atomic mass is 32.2. The number of hydrogen-bond donors (Lipinski definition) is 2. The van der Waals surface area contributed by atoms with Gasteiger partial charge in [-0.05, 0) is 36.6 Å². The molecule has 1 heterocycles. The molecular weight excluding hydrogens is 248 g/mol. The number of hydrogen-bond acceptors (Lipinski definition) is 4. The Hall–Kier alpha value is -1.04. The molecule has 1 unspecified atom stereocenters. The summed E-state index contributed by atoms with van der Waals surface area (Å²) in [4.78, 5) is 14.3. The Morgan fingerprint density at radius 1 is 1.61 bits per heavy atom. The third-order valence-corrected chi connectivity index (χ3v) is 4.01. The minimum absolute atomic E-state index is 0.0818. The maximum Gasteiger partial charge on any atom is 0.223 e. The molecule has 0 saturated heterocycles. The van der Waals surface area contributed by atoms with Gasteiger partial charge in [-0.1, -0.05) is 11.8 Å². The first kappa shape index (κ1) is 13.4. The van der Waals surface area contributed by atoms with Gasteiger partial charge in [-0.15, -0.1) is 0 Å². The normalized spacial score (nSPS) is 16.3. The molecule has 0 radical (unpaired) electrons. The fourth-order valence-corrected chi connectivity index (χ4v) is 2.95. The zero-order chi connectivity index (χ0) is 13.1. The molecule has 4 nitrogen and oxygen atoms in total. The highest BCUT2D eigenvalue weighted by molar-refractivity contribution is 7.99. The minimum atomic E-state index is -0.574. The van der Waals surface area contributed by atoms with Gasteiger partial charge in [-0.3, -0.25) is 4.79 Å². The van der Waals surface area contributed by atoms with Crippen molar-refractivity contribution in [3.8, 4) is 0 Å². The Kier molecular flexibility index (Phi) is 4.27. The Labute approximate surface area is 111 Å². The number of carbonyl (C=O) groups excluding carboxylic acids is 1. The molecule has 1 aliphatic rings. The van der Waals surface area contributed by atoms with E-state index in [9.17, 15) is 9.90 Å². The van der Waals surface area contributed by atoms with Gasteiger partial charge in [0.25, 0.3) is 0 Å². The van der Waals surface area contributed by atoms with Gasteiger partial charge < -0.3 is 15.7 Å². The van der Waals surface area contributed by atoms with Crippen LogP contribution >= 0.6 is 11.8 Å². The van der Waals surface area contributed by atoms with Crippen molar-refractivity contribution < 1.29 is 9.90 Å². The molecule has 5 heteroatoms. The summed E-state index contributed by atoms with van der Waals surface area (Å²) >= 11 is 1.35. The number of fused-ring (bicyclic) bond motifs is 1. The quantitative estimate of drug-likeness (QED) is 0.640. The van der Waals surface area contributed by atoms with Crippen LogP contribution in [0.4, 0.5) is 5.69 Å². The molecule has 3 N–H and O–H groups in total. The average Bonchev–Trinajstić information content (AvgIpc) is 2.37. The highest BCUT2D eigenvalue weighted by Crippen LogP contribution is 2.32. The molecule has 1 aliphatic heterocycles. The average molecular weight is 266 g/mol. The van der Waals surface area contributed by atoms with Crippen LogP contribution in [0.3, 0.4) is 0 Å². The number of aryl methyl sites for hydroxylation is 1. The standard InChI is InChI=1S/C13H18N2O2S/c1-9(16)15-6-2-3-10-7-11(4-5-12(10)15)18-13(17)8-14/h4-5,7,13,17H,2-3,6,8,14H2,1H3. The van der Waals surface area contributed by atoms with Crippen LogP contribution in [0, 0.1) is 0 Å². The van der Waals surface area contributed by atoms with Crippen LogP contribution in [0.2, 0.25) is 0 Å². The molecule has 0 saturated carbocycles. The van der Waals surface area contributed by atoms with Crippen molar-refractivity contribution in [2.24, 2.45) is 5.73 Å². The zero-order valence-corrected chi connectivity index (χ0v) is 11.2. The van der Waals surface area contributed by atoms with Crippen molar-refractivity contribution in [1.82, 2.24) is 0 Å². The second-order valence-corrected chi connectivity index (χ2v) is 5.62. The molecule has 1 amide bonds. The van der Waals surface area contributed by atoms with Crippen molar-refractivity contribution in [3.05, 3.63) is 23.8 Å². The van der Waals surface area contributed by atoms with Gasteiger partial charge in [-0.2, -0.15) is 0 Å². The summed E-state index contributed by atoms with van der Waals surface area (Å²) in [5, 5.41) is 9.53. The summed E-state index contributed by atoms with van der Waals surface area (Å²) in [7, 11) is 0. The number of thioether (sulfide) groups is 1. The number of rotatable bonds is 3. The van der Waals surface area contributed by atoms with Gasteiger partial charge >= 0.3 is 0 Å². The third-order valence-electron chi connectivity index (χ3n) is 3.02. The molecular formula is C13H18N2O2S. The summed E-state index contributed by atoms with van der Waals surface area (Å²) in [6.45, 7) is 2.62. The number of aliphatic hydroxyl groups is 1. The summed E-state index contributed by atoms with van der Waals surface area (Å²) in [5.74, 6) is 0.0818. The molecule has 2 rings (SSSR count). The number of aliphatic hydroxyl groups excluding tert-OH is 1. The number of amides is 1. The van der Waals surface area contributed by atoms with Crippen molar-refractivity contribution >= 4 is 23.4 Å². The van der Waals surface area contributed by atoms with Gasteiger partial charge in [0.2, 0.25) is 5.91 Å². The highest BCUT2D eigenvalue weighted by Gasteiger charge is 2.20. The maximum absolute atomic E-state index is 11.5. The maximum atomic E-state index is 11.5. The van der Waals surface area contributed by atoms with E-state index in [-0.39, 0.29) is 12.5 Å². The van der Waals surface area contributed by atoms with Gasteiger partial charge in [0.15, 0.2) is 0 Å². The monoisotopic (exact) mass is 266 g/mol. The van der Waals surface area contributed by atoms with Crippen LogP contribution in [-0.2, 0) is 11.2 Å². The molecule has 1 atom stereocenters. The van der Waals surface area contributed by atoms with Crippen molar-refractivity contribution in [2.45, 2.75) is 30.1 Å². The zero-order valence-electron chi connectivity index (χ0n) is 10.4. The first-order chi connectivity index (χ1) is 8.61. The third kappa shape index (κ3) is 2.85. The smallest absolute Gasteiger partial charge is 0.223 e. The van der Waals surface area contributed by atoms with Gasteiger partial charge in [0, 0.05) is 30.6 Å². The molecule has 1 aromatic carbocycles. The van der Waals surface area contributed by atoms with Crippen molar-refractivity contribution in [1.29, 1.82) is 0 Å². The molecule has 0 aromatic heterocycles. The van der Waals surface area contributed by atoms with E-state index in [0.29, 0.717) is 0 Å². The molecule has 18 heavy (non-hydrogen) atoms. The van der Waals surface area contributed by atoms with E-state index in [1.165, 1.54) is 17.3 Å². The lowest BCUT2D eigenvalue weighted by atomic mass is 10.0. The Morgan fingerprint density at radius 2 is 2.39 bits per heavy atom. The van der Waals surface area contributed by atoms with Crippen LogP contribution in [0.15, 0.2) is 23.1 Å². The number of nitrogens with zero attached hydrogens (tertiary/aromatic N) is 1. The van der Waals surface area contributed by atoms with Gasteiger partial charge in [-0.25, -0.2) is 0 Å². The Balaban J connectivity index is 2.24. The lowest BCUT2D eigenvalue weighted by Crippen LogP contribution is -2.33.